The first-order chi connectivity index (χ1) is 14.7. The van der Waals surface area contributed by atoms with Crippen LogP contribution in [0.1, 0.15) is 34.8 Å². The minimum atomic E-state index is -3.40. The van der Waals surface area contributed by atoms with Crippen molar-refractivity contribution in [2.24, 2.45) is 0 Å². The van der Waals surface area contributed by atoms with E-state index < -0.39 is 10.0 Å². The van der Waals surface area contributed by atoms with E-state index in [9.17, 15) is 13.2 Å². The lowest BCUT2D eigenvalue weighted by Gasteiger charge is -2.36. The molecule has 1 aromatic heterocycles. The monoisotopic (exact) mass is 436 g/mol. The number of fused-ring (bicyclic) bond motifs is 1. The topological polar surface area (TPSA) is 68.2 Å². The van der Waals surface area contributed by atoms with Gasteiger partial charge in [0.15, 0.2) is 0 Å². The molecule has 0 spiro atoms. The lowest BCUT2D eigenvalue weighted by atomic mass is 9.88. The lowest BCUT2D eigenvalue weighted by Crippen LogP contribution is -2.48. The van der Waals surface area contributed by atoms with Gasteiger partial charge in [-0.2, -0.15) is 0 Å². The molecule has 31 heavy (non-hydrogen) atoms. The first kappa shape index (κ1) is 21.5. The predicted octanol–water partition coefficient (Wildman–Crippen LogP) is 3.78. The second kappa shape index (κ2) is 8.44. The van der Waals surface area contributed by atoms with Crippen molar-refractivity contribution in [1.29, 1.82) is 0 Å². The minimum Gasteiger partial charge on any atom is -0.307 e. The van der Waals surface area contributed by atoms with Gasteiger partial charge in [0.1, 0.15) is 0 Å². The molecule has 1 N–H and O–H groups in total. The maximum Gasteiger partial charge on any atom is 0.251 e. The molecule has 0 amide bonds. The molecule has 2 atom stereocenters. The zero-order valence-electron chi connectivity index (χ0n) is 18.1. The summed E-state index contributed by atoms with van der Waals surface area (Å²) in [5.74, 6) is 0. The van der Waals surface area contributed by atoms with Gasteiger partial charge in [-0.15, -0.1) is 0 Å². The van der Waals surface area contributed by atoms with E-state index in [4.69, 9.17) is 0 Å². The van der Waals surface area contributed by atoms with Crippen LogP contribution in [0.15, 0.2) is 65.5 Å². The van der Waals surface area contributed by atoms with E-state index in [1.165, 1.54) is 6.26 Å². The summed E-state index contributed by atoms with van der Waals surface area (Å²) in [6, 6.07) is 19.5. The Kier molecular flexibility index (Phi) is 5.86. The van der Waals surface area contributed by atoms with Crippen molar-refractivity contribution in [3.05, 3.63) is 93.4 Å². The molecular weight excluding hydrogens is 408 g/mol. The van der Waals surface area contributed by atoms with E-state index in [1.807, 2.05) is 48.7 Å². The third kappa shape index (κ3) is 4.65. The fraction of sp³-hybridized carbons (Fsp3) is 0.320. The van der Waals surface area contributed by atoms with Gasteiger partial charge in [-0.05, 0) is 60.9 Å². The van der Waals surface area contributed by atoms with E-state index in [-0.39, 0.29) is 17.6 Å². The predicted molar refractivity (Wildman–Crippen MR) is 125 cm³/mol. The Hall–Kier alpha value is -2.70. The minimum absolute atomic E-state index is 0.0673. The van der Waals surface area contributed by atoms with Crippen LogP contribution < -0.4 is 10.3 Å². The average Bonchev–Trinajstić information content (AvgIpc) is 2.73. The van der Waals surface area contributed by atoms with Crippen LogP contribution in [0, 0.1) is 13.8 Å². The Morgan fingerprint density at radius 3 is 2.42 bits per heavy atom. The summed E-state index contributed by atoms with van der Waals surface area (Å²) in [5, 5.41) is 0. The number of sulfonamides is 1. The summed E-state index contributed by atoms with van der Waals surface area (Å²) in [7, 11) is -3.40. The van der Waals surface area contributed by atoms with Crippen molar-refractivity contribution in [3.8, 4) is 11.1 Å². The van der Waals surface area contributed by atoms with Gasteiger partial charge in [0.05, 0.1) is 12.3 Å². The molecule has 1 aliphatic rings. The Labute approximate surface area is 183 Å². The number of hydrogen-bond donors (Lipinski definition) is 1. The molecule has 0 radical (unpaired) electrons. The molecule has 162 valence electrons. The number of nitrogens with zero attached hydrogens (tertiary/aromatic N) is 1. The Morgan fingerprint density at radius 2 is 1.71 bits per heavy atom. The van der Waals surface area contributed by atoms with Crippen molar-refractivity contribution in [3.63, 3.8) is 0 Å². The molecule has 0 aliphatic carbocycles. The van der Waals surface area contributed by atoms with Gasteiger partial charge in [-0.3, -0.25) is 4.79 Å². The normalized spacial score (nSPS) is 18.5. The van der Waals surface area contributed by atoms with Gasteiger partial charge in [0.2, 0.25) is 10.0 Å². The van der Waals surface area contributed by atoms with Gasteiger partial charge < -0.3 is 4.57 Å². The fourth-order valence-corrected chi connectivity index (χ4v) is 5.46. The summed E-state index contributed by atoms with van der Waals surface area (Å²) in [6.07, 6.45) is 3.10. The second-order valence-electron chi connectivity index (χ2n) is 8.48. The molecule has 2 unspecified atom stereocenters. The Balaban J connectivity index is 1.77. The average molecular weight is 437 g/mol. The highest BCUT2D eigenvalue weighted by Gasteiger charge is 2.33. The van der Waals surface area contributed by atoms with Gasteiger partial charge in [0.25, 0.3) is 5.56 Å². The highest BCUT2D eigenvalue weighted by atomic mass is 32.2. The molecule has 1 aliphatic heterocycles. The van der Waals surface area contributed by atoms with E-state index in [2.05, 4.69) is 29.0 Å². The largest absolute Gasteiger partial charge is 0.307 e. The maximum atomic E-state index is 13.0. The van der Waals surface area contributed by atoms with Crippen LogP contribution >= 0.6 is 0 Å². The molecule has 0 saturated heterocycles. The van der Waals surface area contributed by atoms with Crippen molar-refractivity contribution >= 4 is 10.0 Å². The molecule has 6 heteroatoms. The van der Waals surface area contributed by atoms with Crippen molar-refractivity contribution in [2.75, 3.05) is 6.26 Å². The molecule has 2 heterocycles. The summed E-state index contributed by atoms with van der Waals surface area (Å²) in [4.78, 5) is 13.0. The number of aromatic nitrogens is 1. The summed E-state index contributed by atoms with van der Waals surface area (Å²) in [5.41, 5.74) is 6.35. The standard InChI is InChI=1S/C25H28N2O3S/c1-17-14-25(28)27-23(18(17)2)13-12-22(26-31(3,29)30)24(27)16-19-8-7-11-21(15-19)20-9-5-4-6-10-20/h4-11,14-15,22,24,26H,12-13,16H2,1-3H3. The number of aryl methyl sites for hydroxylation is 1. The van der Waals surface area contributed by atoms with Crippen molar-refractivity contribution in [1.82, 2.24) is 9.29 Å². The van der Waals surface area contributed by atoms with Crippen molar-refractivity contribution < 1.29 is 8.42 Å². The smallest absolute Gasteiger partial charge is 0.251 e. The van der Waals surface area contributed by atoms with E-state index in [0.717, 1.165) is 33.5 Å². The van der Waals surface area contributed by atoms with E-state index in [0.29, 0.717) is 19.3 Å². The highest BCUT2D eigenvalue weighted by Crippen LogP contribution is 2.31. The van der Waals surface area contributed by atoms with Gasteiger partial charge in [0, 0.05) is 17.8 Å². The van der Waals surface area contributed by atoms with Crippen LogP contribution in [0.3, 0.4) is 0 Å². The molecule has 5 nitrogen and oxygen atoms in total. The van der Waals surface area contributed by atoms with Crippen molar-refractivity contribution in [2.45, 2.75) is 45.2 Å². The quantitative estimate of drug-likeness (QED) is 0.662. The van der Waals surface area contributed by atoms with E-state index in [1.54, 1.807) is 6.07 Å². The molecular formula is C25H28N2O3S. The zero-order valence-corrected chi connectivity index (χ0v) is 18.9. The summed E-state index contributed by atoms with van der Waals surface area (Å²) in [6.45, 7) is 3.99. The summed E-state index contributed by atoms with van der Waals surface area (Å²) < 4.78 is 28.7. The third-order valence-corrected chi connectivity index (χ3v) is 6.96. The first-order valence-electron chi connectivity index (χ1n) is 10.6. The molecule has 0 saturated carbocycles. The Bertz CT molecular complexity index is 1260. The first-order valence-corrected chi connectivity index (χ1v) is 12.5. The van der Waals surface area contributed by atoms with Crippen LogP contribution in [-0.4, -0.2) is 25.3 Å². The molecule has 2 aromatic carbocycles. The van der Waals surface area contributed by atoms with Gasteiger partial charge in [-0.1, -0.05) is 54.6 Å². The van der Waals surface area contributed by atoms with Crippen LogP contribution in [0.2, 0.25) is 0 Å². The Morgan fingerprint density at radius 1 is 1.00 bits per heavy atom. The third-order valence-electron chi connectivity index (χ3n) is 6.23. The van der Waals surface area contributed by atoms with Gasteiger partial charge >= 0.3 is 0 Å². The lowest BCUT2D eigenvalue weighted by molar-refractivity contribution is 0.314. The molecule has 0 fully saturated rings. The number of benzene rings is 2. The van der Waals surface area contributed by atoms with Crippen LogP contribution in [0.5, 0.6) is 0 Å². The zero-order chi connectivity index (χ0) is 22.2. The number of rotatable bonds is 5. The fourth-order valence-electron chi connectivity index (χ4n) is 4.64. The number of pyridine rings is 1. The maximum absolute atomic E-state index is 13.0. The van der Waals surface area contributed by atoms with E-state index >= 15 is 0 Å². The van der Waals surface area contributed by atoms with Crippen LogP contribution in [-0.2, 0) is 22.9 Å². The second-order valence-corrected chi connectivity index (χ2v) is 10.3. The van der Waals surface area contributed by atoms with Crippen LogP contribution in [0.4, 0.5) is 0 Å². The molecule has 4 rings (SSSR count). The highest BCUT2D eigenvalue weighted by molar-refractivity contribution is 7.88. The SMILES string of the molecule is Cc1cc(=O)n2c(c1C)CCC(NS(C)(=O)=O)C2Cc1cccc(-c2ccccc2)c1. The number of hydrogen-bond acceptors (Lipinski definition) is 3. The summed E-state index contributed by atoms with van der Waals surface area (Å²) >= 11 is 0. The molecule has 3 aromatic rings. The number of nitrogens with one attached hydrogen (secondary N) is 1. The van der Waals surface area contributed by atoms with Crippen LogP contribution in [0.25, 0.3) is 11.1 Å². The molecule has 0 bridgehead atoms. The van der Waals surface area contributed by atoms with Gasteiger partial charge in [-0.25, -0.2) is 13.1 Å².